The van der Waals surface area contributed by atoms with Crippen LogP contribution in [0.1, 0.15) is 44.8 Å². The van der Waals surface area contributed by atoms with Crippen molar-refractivity contribution in [2.24, 2.45) is 5.92 Å². The number of hydrogen-bond acceptors (Lipinski definition) is 3. The van der Waals surface area contributed by atoms with Gasteiger partial charge in [0.15, 0.2) is 5.89 Å². The van der Waals surface area contributed by atoms with E-state index < -0.39 is 0 Å². The predicted molar refractivity (Wildman–Crippen MR) is 64.4 cm³/mol. The van der Waals surface area contributed by atoms with Gasteiger partial charge in [-0.15, -0.1) is 0 Å². The number of oxazole rings is 1. The summed E-state index contributed by atoms with van der Waals surface area (Å²) in [6.07, 6.45) is 8.01. The van der Waals surface area contributed by atoms with Crippen molar-refractivity contribution < 1.29 is 4.42 Å². The zero-order valence-corrected chi connectivity index (χ0v) is 10.3. The van der Waals surface area contributed by atoms with Gasteiger partial charge >= 0.3 is 0 Å². The van der Waals surface area contributed by atoms with Crippen LogP contribution in [0.15, 0.2) is 10.6 Å². The smallest absolute Gasteiger partial charge is 0.195 e. The Bertz CT molecular complexity index is 315. The monoisotopic (exact) mass is 222 g/mol. The first kappa shape index (κ1) is 11.6. The molecule has 3 nitrogen and oxygen atoms in total. The standard InChI is InChI=1S/C13H22N2O/c1-10(2)14-7-6-13-15-9-12(16-13)8-11-4-3-5-11/h9-11,14H,3-8H2,1-2H3. The number of hydrogen-bond donors (Lipinski definition) is 1. The molecular weight excluding hydrogens is 200 g/mol. The summed E-state index contributed by atoms with van der Waals surface area (Å²) in [5, 5.41) is 3.37. The Morgan fingerprint density at radius 1 is 1.50 bits per heavy atom. The lowest BCUT2D eigenvalue weighted by Crippen LogP contribution is -2.24. The fourth-order valence-electron chi connectivity index (χ4n) is 2.01. The largest absolute Gasteiger partial charge is 0.446 e. The summed E-state index contributed by atoms with van der Waals surface area (Å²) in [6, 6.07) is 0.532. The molecule has 1 fully saturated rings. The highest BCUT2D eigenvalue weighted by atomic mass is 16.4. The molecule has 0 atom stereocenters. The zero-order valence-electron chi connectivity index (χ0n) is 10.3. The van der Waals surface area contributed by atoms with E-state index in [1.807, 2.05) is 6.20 Å². The second-order valence-corrected chi connectivity index (χ2v) is 5.08. The molecule has 0 aromatic carbocycles. The zero-order chi connectivity index (χ0) is 11.4. The van der Waals surface area contributed by atoms with Gasteiger partial charge in [0.05, 0.1) is 6.20 Å². The summed E-state index contributed by atoms with van der Waals surface area (Å²) in [6.45, 7) is 5.25. The van der Waals surface area contributed by atoms with E-state index in [0.717, 1.165) is 37.0 Å². The van der Waals surface area contributed by atoms with Crippen molar-refractivity contribution in [2.75, 3.05) is 6.54 Å². The van der Waals surface area contributed by atoms with E-state index in [0.29, 0.717) is 6.04 Å². The van der Waals surface area contributed by atoms with Crippen molar-refractivity contribution >= 4 is 0 Å². The average molecular weight is 222 g/mol. The van der Waals surface area contributed by atoms with Crippen LogP contribution in [0.4, 0.5) is 0 Å². The van der Waals surface area contributed by atoms with Crippen LogP contribution in [0.25, 0.3) is 0 Å². The molecule has 1 aliphatic carbocycles. The second-order valence-electron chi connectivity index (χ2n) is 5.08. The third-order valence-corrected chi connectivity index (χ3v) is 3.21. The molecule has 0 unspecified atom stereocenters. The van der Waals surface area contributed by atoms with Crippen molar-refractivity contribution in [3.63, 3.8) is 0 Å². The molecule has 1 saturated carbocycles. The van der Waals surface area contributed by atoms with Gasteiger partial charge in [-0.3, -0.25) is 0 Å². The minimum absolute atomic E-state index is 0.532. The minimum atomic E-state index is 0.532. The van der Waals surface area contributed by atoms with E-state index in [2.05, 4.69) is 24.1 Å². The number of aromatic nitrogens is 1. The minimum Gasteiger partial charge on any atom is -0.446 e. The van der Waals surface area contributed by atoms with Crippen LogP contribution in [-0.2, 0) is 12.8 Å². The quantitative estimate of drug-likeness (QED) is 0.804. The van der Waals surface area contributed by atoms with E-state index in [4.69, 9.17) is 4.42 Å². The molecule has 1 aromatic heterocycles. The van der Waals surface area contributed by atoms with Gasteiger partial charge in [0.2, 0.25) is 0 Å². The highest BCUT2D eigenvalue weighted by molar-refractivity contribution is 4.97. The Hall–Kier alpha value is -0.830. The molecule has 1 aliphatic rings. The van der Waals surface area contributed by atoms with Gasteiger partial charge in [0, 0.05) is 25.4 Å². The highest BCUT2D eigenvalue weighted by Crippen LogP contribution is 2.29. The van der Waals surface area contributed by atoms with Gasteiger partial charge in [-0.2, -0.15) is 0 Å². The molecule has 0 saturated heterocycles. The number of nitrogens with zero attached hydrogens (tertiary/aromatic N) is 1. The van der Waals surface area contributed by atoms with Crippen LogP contribution >= 0.6 is 0 Å². The van der Waals surface area contributed by atoms with Crippen molar-refractivity contribution in [3.05, 3.63) is 17.8 Å². The Balaban J connectivity index is 1.73. The Kier molecular flexibility index (Phi) is 3.99. The van der Waals surface area contributed by atoms with Gasteiger partial charge in [-0.05, 0) is 5.92 Å². The first-order chi connectivity index (χ1) is 7.74. The fourth-order valence-corrected chi connectivity index (χ4v) is 2.01. The van der Waals surface area contributed by atoms with Crippen LogP contribution < -0.4 is 5.32 Å². The maximum absolute atomic E-state index is 5.72. The molecule has 1 N–H and O–H groups in total. The van der Waals surface area contributed by atoms with E-state index in [9.17, 15) is 0 Å². The lowest BCUT2D eigenvalue weighted by molar-refractivity contribution is 0.291. The normalized spacial score (nSPS) is 16.7. The third kappa shape index (κ3) is 3.34. The molecule has 0 bridgehead atoms. The fraction of sp³-hybridized carbons (Fsp3) is 0.769. The van der Waals surface area contributed by atoms with Crippen LogP contribution in [0.3, 0.4) is 0 Å². The lowest BCUT2D eigenvalue weighted by Gasteiger charge is -2.23. The first-order valence-corrected chi connectivity index (χ1v) is 6.41. The van der Waals surface area contributed by atoms with Crippen molar-refractivity contribution in [1.29, 1.82) is 0 Å². The summed E-state index contributed by atoms with van der Waals surface area (Å²) >= 11 is 0. The van der Waals surface area contributed by atoms with E-state index in [1.165, 1.54) is 19.3 Å². The van der Waals surface area contributed by atoms with Crippen LogP contribution in [0.2, 0.25) is 0 Å². The molecule has 0 radical (unpaired) electrons. The van der Waals surface area contributed by atoms with E-state index in [-0.39, 0.29) is 0 Å². The molecule has 0 aliphatic heterocycles. The van der Waals surface area contributed by atoms with Crippen molar-refractivity contribution in [1.82, 2.24) is 10.3 Å². The van der Waals surface area contributed by atoms with Gasteiger partial charge in [0.1, 0.15) is 5.76 Å². The summed E-state index contributed by atoms with van der Waals surface area (Å²) < 4.78 is 5.72. The van der Waals surface area contributed by atoms with Crippen LogP contribution in [-0.4, -0.2) is 17.6 Å². The van der Waals surface area contributed by atoms with Gasteiger partial charge in [-0.25, -0.2) is 4.98 Å². The van der Waals surface area contributed by atoms with Gasteiger partial charge in [0.25, 0.3) is 0 Å². The Labute approximate surface area is 97.6 Å². The third-order valence-electron chi connectivity index (χ3n) is 3.21. The van der Waals surface area contributed by atoms with Crippen LogP contribution in [0, 0.1) is 5.92 Å². The maximum Gasteiger partial charge on any atom is 0.195 e. The average Bonchev–Trinajstić information content (AvgIpc) is 2.59. The predicted octanol–water partition coefficient (Wildman–Crippen LogP) is 2.56. The molecule has 0 spiro atoms. The van der Waals surface area contributed by atoms with Crippen LogP contribution in [0.5, 0.6) is 0 Å². The summed E-state index contributed by atoms with van der Waals surface area (Å²) in [5.41, 5.74) is 0. The molecule has 3 heteroatoms. The lowest BCUT2D eigenvalue weighted by atomic mass is 9.82. The maximum atomic E-state index is 5.72. The number of nitrogens with one attached hydrogen (secondary N) is 1. The Morgan fingerprint density at radius 2 is 2.31 bits per heavy atom. The summed E-state index contributed by atoms with van der Waals surface area (Å²) in [7, 11) is 0. The SMILES string of the molecule is CC(C)NCCc1ncc(CC2CCC2)o1. The van der Waals surface area contributed by atoms with Crippen molar-refractivity contribution in [2.45, 2.75) is 52.0 Å². The first-order valence-electron chi connectivity index (χ1n) is 6.41. The molecule has 0 amide bonds. The molecule has 1 aromatic rings. The van der Waals surface area contributed by atoms with Crippen molar-refractivity contribution in [3.8, 4) is 0 Å². The molecule has 1 heterocycles. The number of rotatable bonds is 6. The summed E-state index contributed by atoms with van der Waals surface area (Å²) in [5.74, 6) is 2.81. The highest BCUT2D eigenvalue weighted by Gasteiger charge is 2.19. The van der Waals surface area contributed by atoms with E-state index in [1.54, 1.807) is 0 Å². The van der Waals surface area contributed by atoms with E-state index >= 15 is 0 Å². The van der Waals surface area contributed by atoms with Gasteiger partial charge in [-0.1, -0.05) is 33.1 Å². The Morgan fingerprint density at radius 3 is 2.94 bits per heavy atom. The second kappa shape index (κ2) is 5.48. The molecular formula is C13H22N2O. The molecule has 90 valence electrons. The molecule has 16 heavy (non-hydrogen) atoms. The topological polar surface area (TPSA) is 38.1 Å². The summed E-state index contributed by atoms with van der Waals surface area (Å²) in [4.78, 5) is 4.32. The molecule has 2 rings (SSSR count). The van der Waals surface area contributed by atoms with Gasteiger partial charge < -0.3 is 9.73 Å².